The highest BCUT2D eigenvalue weighted by atomic mass is 16.2. The van der Waals surface area contributed by atoms with Gasteiger partial charge in [0.15, 0.2) is 0 Å². The molecular weight excluding hydrogens is 246 g/mol. The standard InChI is InChI=1S/C18H29NO/c1-13-3-2-5-19(6-4-13)17(20)18-10-14-7-15(11-18)9-16(8-14)12-18/h13-16H,2-12H2,1H3. The van der Waals surface area contributed by atoms with Crippen LogP contribution in [0, 0.1) is 29.1 Å². The largest absolute Gasteiger partial charge is 0.342 e. The summed E-state index contributed by atoms with van der Waals surface area (Å²) in [7, 11) is 0. The predicted molar refractivity (Wildman–Crippen MR) is 80.2 cm³/mol. The molecule has 0 radical (unpaired) electrons. The number of nitrogens with zero attached hydrogens (tertiary/aromatic N) is 1. The molecular formula is C18H29NO. The summed E-state index contributed by atoms with van der Waals surface area (Å²) in [4.78, 5) is 15.5. The van der Waals surface area contributed by atoms with Crippen molar-refractivity contribution in [3.63, 3.8) is 0 Å². The van der Waals surface area contributed by atoms with Crippen LogP contribution in [0.15, 0.2) is 0 Å². The Kier molecular flexibility index (Phi) is 3.12. The van der Waals surface area contributed by atoms with Crippen molar-refractivity contribution < 1.29 is 4.79 Å². The number of carbonyl (C=O) groups excluding carboxylic acids is 1. The lowest BCUT2D eigenvalue weighted by Crippen LogP contribution is -2.54. The topological polar surface area (TPSA) is 20.3 Å². The van der Waals surface area contributed by atoms with Crippen molar-refractivity contribution in [2.45, 2.75) is 64.7 Å². The second kappa shape index (κ2) is 4.74. The molecule has 0 aromatic carbocycles. The van der Waals surface area contributed by atoms with Gasteiger partial charge in [-0.1, -0.05) is 6.92 Å². The SMILES string of the molecule is CC1CCCN(C(=O)C23CC4CC(CC(C4)C2)C3)CC1. The number of hydrogen-bond donors (Lipinski definition) is 0. The minimum absolute atomic E-state index is 0.0856. The summed E-state index contributed by atoms with van der Waals surface area (Å²) < 4.78 is 0. The molecule has 5 rings (SSSR count). The van der Waals surface area contributed by atoms with Crippen LogP contribution >= 0.6 is 0 Å². The van der Waals surface area contributed by atoms with Crippen molar-refractivity contribution in [1.29, 1.82) is 0 Å². The van der Waals surface area contributed by atoms with Crippen LogP contribution < -0.4 is 0 Å². The molecule has 20 heavy (non-hydrogen) atoms. The van der Waals surface area contributed by atoms with Gasteiger partial charge in [0.05, 0.1) is 5.41 Å². The van der Waals surface area contributed by atoms with E-state index in [4.69, 9.17) is 0 Å². The second-order valence-corrected chi connectivity index (χ2v) is 8.53. The Morgan fingerprint density at radius 1 is 0.950 bits per heavy atom. The first kappa shape index (κ1) is 13.2. The number of hydrogen-bond acceptors (Lipinski definition) is 1. The predicted octanol–water partition coefficient (Wildman–Crippen LogP) is 3.85. The molecule has 4 saturated carbocycles. The van der Waals surface area contributed by atoms with E-state index < -0.39 is 0 Å². The van der Waals surface area contributed by atoms with Crippen molar-refractivity contribution >= 4 is 5.91 Å². The Hall–Kier alpha value is -0.530. The summed E-state index contributed by atoms with van der Waals surface area (Å²) in [6, 6.07) is 0. The molecule has 1 saturated heterocycles. The lowest BCUT2D eigenvalue weighted by atomic mass is 9.49. The quantitative estimate of drug-likeness (QED) is 0.712. The smallest absolute Gasteiger partial charge is 0.228 e. The Balaban J connectivity index is 1.53. The van der Waals surface area contributed by atoms with Gasteiger partial charge < -0.3 is 4.90 Å². The molecule has 2 nitrogen and oxygen atoms in total. The van der Waals surface area contributed by atoms with Gasteiger partial charge >= 0.3 is 0 Å². The van der Waals surface area contributed by atoms with E-state index in [0.717, 1.165) is 36.8 Å². The van der Waals surface area contributed by atoms with Gasteiger partial charge in [-0.2, -0.15) is 0 Å². The maximum Gasteiger partial charge on any atom is 0.228 e. The highest BCUT2D eigenvalue weighted by molar-refractivity contribution is 5.83. The molecule has 2 heteroatoms. The molecule has 1 amide bonds. The normalized spacial score (nSPS) is 47.4. The third-order valence-corrected chi connectivity index (χ3v) is 6.80. The van der Waals surface area contributed by atoms with Crippen molar-refractivity contribution in [2.75, 3.05) is 13.1 Å². The van der Waals surface area contributed by atoms with E-state index in [1.165, 1.54) is 57.8 Å². The number of rotatable bonds is 1. The zero-order valence-electron chi connectivity index (χ0n) is 12.9. The van der Waals surface area contributed by atoms with E-state index in [2.05, 4.69) is 11.8 Å². The maximum absolute atomic E-state index is 13.2. The van der Waals surface area contributed by atoms with Crippen LogP contribution in [0.25, 0.3) is 0 Å². The fourth-order valence-corrected chi connectivity index (χ4v) is 6.17. The van der Waals surface area contributed by atoms with Crippen molar-refractivity contribution in [2.24, 2.45) is 29.1 Å². The molecule has 0 aromatic rings. The zero-order valence-corrected chi connectivity index (χ0v) is 12.9. The van der Waals surface area contributed by atoms with E-state index >= 15 is 0 Å². The summed E-state index contributed by atoms with van der Waals surface area (Å²) in [5.41, 5.74) is 0.0856. The molecule has 1 unspecified atom stereocenters. The molecule has 0 N–H and O–H groups in total. The van der Waals surface area contributed by atoms with Crippen LogP contribution in [-0.4, -0.2) is 23.9 Å². The molecule has 4 aliphatic carbocycles. The van der Waals surface area contributed by atoms with Crippen LogP contribution in [-0.2, 0) is 4.79 Å². The van der Waals surface area contributed by atoms with Gasteiger partial charge in [0, 0.05) is 13.1 Å². The average molecular weight is 275 g/mol. The minimum atomic E-state index is 0.0856. The minimum Gasteiger partial charge on any atom is -0.342 e. The molecule has 0 aromatic heterocycles. The summed E-state index contributed by atoms with van der Waals surface area (Å²) in [6.07, 6.45) is 11.7. The van der Waals surface area contributed by atoms with Crippen LogP contribution in [0.2, 0.25) is 0 Å². The summed E-state index contributed by atoms with van der Waals surface area (Å²) in [6.45, 7) is 4.41. The van der Waals surface area contributed by atoms with Crippen LogP contribution in [0.5, 0.6) is 0 Å². The fraction of sp³-hybridized carbons (Fsp3) is 0.944. The zero-order chi connectivity index (χ0) is 13.7. The number of carbonyl (C=O) groups is 1. The number of amides is 1. The highest BCUT2D eigenvalue weighted by Crippen LogP contribution is 2.60. The van der Waals surface area contributed by atoms with E-state index in [1.54, 1.807) is 0 Å². The van der Waals surface area contributed by atoms with E-state index in [9.17, 15) is 4.79 Å². The molecule has 1 atom stereocenters. The van der Waals surface area contributed by atoms with Crippen LogP contribution in [0.1, 0.15) is 64.7 Å². The van der Waals surface area contributed by atoms with Gasteiger partial charge in [-0.15, -0.1) is 0 Å². The van der Waals surface area contributed by atoms with E-state index in [-0.39, 0.29) is 5.41 Å². The Bertz CT molecular complexity index is 367. The Morgan fingerprint density at radius 3 is 2.15 bits per heavy atom. The van der Waals surface area contributed by atoms with Crippen molar-refractivity contribution in [3.8, 4) is 0 Å². The lowest BCUT2D eigenvalue weighted by molar-refractivity contribution is -0.157. The van der Waals surface area contributed by atoms with Gasteiger partial charge in [-0.25, -0.2) is 0 Å². The average Bonchev–Trinajstić information content (AvgIpc) is 2.61. The van der Waals surface area contributed by atoms with Gasteiger partial charge in [-0.3, -0.25) is 4.79 Å². The Labute approximate surface area is 123 Å². The highest BCUT2D eigenvalue weighted by Gasteiger charge is 2.55. The van der Waals surface area contributed by atoms with Gasteiger partial charge in [0.2, 0.25) is 5.91 Å². The maximum atomic E-state index is 13.2. The molecule has 1 heterocycles. The second-order valence-electron chi connectivity index (χ2n) is 8.53. The van der Waals surface area contributed by atoms with Gasteiger partial charge in [0.1, 0.15) is 0 Å². The van der Waals surface area contributed by atoms with Gasteiger partial charge in [0.25, 0.3) is 0 Å². The molecule has 1 aliphatic heterocycles. The monoisotopic (exact) mass is 275 g/mol. The molecule has 112 valence electrons. The van der Waals surface area contributed by atoms with Crippen molar-refractivity contribution in [3.05, 3.63) is 0 Å². The van der Waals surface area contributed by atoms with Gasteiger partial charge in [-0.05, 0) is 81.5 Å². The van der Waals surface area contributed by atoms with Crippen LogP contribution in [0.3, 0.4) is 0 Å². The summed E-state index contributed by atoms with van der Waals surface area (Å²) in [5, 5.41) is 0. The Morgan fingerprint density at radius 2 is 1.55 bits per heavy atom. The van der Waals surface area contributed by atoms with E-state index in [1.807, 2.05) is 0 Å². The molecule has 4 bridgehead atoms. The molecule has 5 aliphatic rings. The summed E-state index contributed by atoms with van der Waals surface area (Å²) >= 11 is 0. The summed E-state index contributed by atoms with van der Waals surface area (Å²) in [5.74, 6) is 4.03. The first-order valence-corrected chi connectivity index (χ1v) is 8.94. The number of likely N-dealkylation sites (tertiary alicyclic amines) is 1. The van der Waals surface area contributed by atoms with E-state index in [0.29, 0.717) is 5.91 Å². The van der Waals surface area contributed by atoms with Crippen LogP contribution in [0.4, 0.5) is 0 Å². The molecule has 0 spiro atoms. The fourth-order valence-electron chi connectivity index (χ4n) is 6.17. The third kappa shape index (κ3) is 2.10. The first-order chi connectivity index (χ1) is 9.64. The van der Waals surface area contributed by atoms with Crippen molar-refractivity contribution in [1.82, 2.24) is 4.90 Å². The third-order valence-electron chi connectivity index (χ3n) is 6.80. The lowest BCUT2D eigenvalue weighted by Gasteiger charge is -2.56. The first-order valence-electron chi connectivity index (χ1n) is 8.94. The molecule has 5 fully saturated rings.